The van der Waals surface area contributed by atoms with Gasteiger partial charge in [0, 0.05) is 24.7 Å². The van der Waals surface area contributed by atoms with Gasteiger partial charge in [-0.05, 0) is 24.1 Å². The first-order valence-electron chi connectivity index (χ1n) is 7.98. The number of likely N-dealkylation sites (tertiary alicyclic amines) is 1. The molecule has 3 rings (SSSR count). The molecule has 0 aliphatic carbocycles. The van der Waals surface area contributed by atoms with Gasteiger partial charge in [0.05, 0.1) is 25.4 Å². The lowest BCUT2D eigenvalue weighted by Gasteiger charge is -2.47. The van der Waals surface area contributed by atoms with Gasteiger partial charge in [0.2, 0.25) is 0 Å². The van der Waals surface area contributed by atoms with Crippen LogP contribution < -0.4 is 4.74 Å². The number of carbonyl (C=O) groups is 1. The first-order valence-corrected chi connectivity index (χ1v) is 7.98. The van der Waals surface area contributed by atoms with Crippen LogP contribution in [0.15, 0.2) is 36.7 Å². The molecular formula is C18H23N3O2. The van der Waals surface area contributed by atoms with Gasteiger partial charge in [-0.2, -0.15) is 5.10 Å². The molecule has 0 atom stereocenters. The standard InChI is InChI=1S/C18H23N3O2/c1-4-18(2)12-20(13-18)17(22)15-9-19-21(11-15)10-14-5-7-16(23-3)8-6-14/h5-9,11H,4,10,12-13H2,1-3H3. The summed E-state index contributed by atoms with van der Waals surface area (Å²) in [7, 11) is 1.65. The number of benzene rings is 1. The van der Waals surface area contributed by atoms with E-state index < -0.39 is 0 Å². The van der Waals surface area contributed by atoms with Crippen molar-refractivity contribution in [2.75, 3.05) is 20.2 Å². The fourth-order valence-electron chi connectivity index (χ4n) is 2.90. The highest BCUT2D eigenvalue weighted by molar-refractivity contribution is 5.94. The molecule has 1 fully saturated rings. The monoisotopic (exact) mass is 313 g/mol. The molecule has 1 aromatic carbocycles. The Morgan fingerprint density at radius 3 is 2.61 bits per heavy atom. The number of nitrogens with zero attached hydrogens (tertiary/aromatic N) is 3. The third-order valence-corrected chi connectivity index (χ3v) is 4.67. The third-order valence-electron chi connectivity index (χ3n) is 4.67. The number of hydrogen-bond acceptors (Lipinski definition) is 3. The molecule has 1 aliphatic rings. The van der Waals surface area contributed by atoms with E-state index in [2.05, 4.69) is 18.9 Å². The van der Waals surface area contributed by atoms with E-state index in [1.54, 1.807) is 18.0 Å². The molecule has 2 heterocycles. The summed E-state index contributed by atoms with van der Waals surface area (Å²) < 4.78 is 6.95. The Balaban J connectivity index is 1.62. The molecule has 5 heteroatoms. The van der Waals surface area contributed by atoms with Gasteiger partial charge >= 0.3 is 0 Å². The van der Waals surface area contributed by atoms with Crippen LogP contribution in [0.3, 0.4) is 0 Å². The number of carbonyl (C=O) groups excluding carboxylic acids is 1. The zero-order valence-electron chi connectivity index (χ0n) is 14.0. The van der Waals surface area contributed by atoms with E-state index in [4.69, 9.17) is 4.74 Å². The van der Waals surface area contributed by atoms with E-state index in [1.165, 1.54) is 0 Å². The highest BCUT2D eigenvalue weighted by Crippen LogP contribution is 2.33. The zero-order chi connectivity index (χ0) is 16.4. The number of amides is 1. The maximum absolute atomic E-state index is 12.4. The molecule has 23 heavy (non-hydrogen) atoms. The van der Waals surface area contributed by atoms with Crippen LogP contribution in [0.5, 0.6) is 5.75 Å². The van der Waals surface area contributed by atoms with Crippen molar-refractivity contribution in [1.29, 1.82) is 0 Å². The van der Waals surface area contributed by atoms with Crippen molar-refractivity contribution in [3.63, 3.8) is 0 Å². The number of aromatic nitrogens is 2. The Bertz CT molecular complexity index is 685. The van der Waals surface area contributed by atoms with Crippen LogP contribution in [-0.4, -0.2) is 40.8 Å². The van der Waals surface area contributed by atoms with Crippen LogP contribution >= 0.6 is 0 Å². The summed E-state index contributed by atoms with van der Waals surface area (Å²) in [4.78, 5) is 14.3. The van der Waals surface area contributed by atoms with E-state index in [0.717, 1.165) is 30.8 Å². The predicted molar refractivity (Wildman–Crippen MR) is 88.6 cm³/mol. The van der Waals surface area contributed by atoms with Crippen molar-refractivity contribution in [3.05, 3.63) is 47.8 Å². The van der Waals surface area contributed by atoms with E-state index in [9.17, 15) is 4.79 Å². The summed E-state index contributed by atoms with van der Waals surface area (Å²) in [6, 6.07) is 7.86. The summed E-state index contributed by atoms with van der Waals surface area (Å²) in [6.45, 7) is 6.72. The smallest absolute Gasteiger partial charge is 0.257 e. The van der Waals surface area contributed by atoms with Gasteiger partial charge in [-0.25, -0.2) is 0 Å². The lowest BCUT2D eigenvalue weighted by atomic mass is 9.79. The minimum atomic E-state index is 0.0805. The lowest BCUT2D eigenvalue weighted by Crippen LogP contribution is -2.56. The van der Waals surface area contributed by atoms with Crippen LogP contribution in [0.2, 0.25) is 0 Å². The van der Waals surface area contributed by atoms with Gasteiger partial charge < -0.3 is 9.64 Å². The van der Waals surface area contributed by atoms with Gasteiger partial charge in [0.25, 0.3) is 5.91 Å². The average molecular weight is 313 g/mol. The second kappa shape index (κ2) is 6.07. The van der Waals surface area contributed by atoms with Crippen molar-refractivity contribution in [2.45, 2.75) is 26.8 Å². The van der Waals surface area contributed by atoms with E-state index >= 15 is 0 Å². The first kappa shape index (κ1) is 15.6. The van der Waals surface area contributed by atoms with E-state index in [1.807, 2.05) is 35.4 Å². The van der Waals surface area contributed by atoms with Gasteiger partial charge in [-0.15, -0.1) is 0 Å². The summed E-state index contributed by atoms with van der Waals surface area (Å²) in [5.74, 6) is 0.916. The average Bonchev–Trinajstić information content (AvgIpc) is 3.00. The van der Waals surface area contributed by atoms with Gasteiger partial charge in [-0.3, -0.25) is 9.48 Å². The molecule has 1 aliphatic heterocycles. The molecule has 122 valence electrons. The summed E-state index contributed by atoms with van der Waals surface area (Å²) >= 11 is 0. The van der Waals surface area contributed by atoms with Crippen LogP contribution in [0.25, 0.3) is 0 Å². The van der Waals surface area contributed by atoms with Crippen molar-refractivity contribution in [1.82, 2.24) is 14.7 Å². The molecule has 0 N–H and O–H groups in total. The molecule has 5 nitrogen and oxygen atoms in total. The van der Waals surface area contributed by atoms with Crippen molar-refractivity contribution in [2.24, 2.45) is 5.41 Å². The Kier molecular flexibility index (Phi) is 4.11. The van der Waals surface area contributed by atoms with E-state index in [0.29, 0.717) is 12.1 Å². The Labute approximate surface area is 136 Å². The number of ether oxygens (including phenoxy) is 1. The van der Waals surface area contributed by atoms with Gasteiger partial charge in [0.15, 0.2) is 0 Å². The molecule has 0 bridgehead atoms. The van der Waals surface area contributed by atoms with Crippen molar-refractivity contribution < 1.29 is 9.53 Å². The predicted octanol–water partition coefficient (Wildman–Crippen LogP) is 2.81. The highest BCUT2D eigenvalue weighted by Gasteiger charge is 2.40. The number of hydrogen-bond donors (Lipinski definition) is 0. The maximum atomic E-state index is 12.4. The Hall–Kier alpha value is -2.30. The molecule has 1 aromatic heterocycles. The SMILES string of the molecule is CCC1(C)CN(C(=O)c2cnn(Cc3ccc(OC)cc3)c2)C1. The second-order valence-electron chi connectivity index (χ2n) is 6.60. The van der Waals surface area contributed by atoms with Crippen LogP contribution in [0.1, 0.15) is 36.2 Å². The Morgan fingerprint density at radius 2 is 2.00 bits per heavy atom. The molecule has 0 spiro atoms. The van der Waals surface area contributed by atoms with Crippen LogP contribution in [-0.2, 0) is 6.54 Å². The fourth-order valence-corrected chi connectivity index (χ4v) is 2.90. The van der Waals surface area contributed by atoms with Gasteiger partial charge in [0.1, 0.15) is 5.75 Å². The summed E-state index contributed by atoms with van der Waals surface area (Å²) in [6.07, 6.45) is 4.59. The molecule has 2 aromatic rings. The maximum Gasteiger partial charge on any atom is 0.257 e. The lowest BCUT2D eigenvalue weighted by molar-refractivity contribution is 0.0134. The quantitative estimate of drug-likeness (QED) is 0.853. The molecule has 0 saturated carbocycles. The van der Waals surface area contributed by atoms with E-state index in [-0.39, 0.29) is 11.3 Å². The minimum Gasteiger partial charge on any atom is -0.497 e. The topological polar surface area (TPSA) is 47.4 Å². The third kappa shape index (κ3) is 3.23. The normalized spacial score (nSPS) is 16.0. The zero-order valence-corrected chi connectivity index (χ0v) is 14.0. The van der Waals surface area contributed by atoms with Gasteiger partial charge in [-0.1, -0.05) is 26.0 Å². The number of rotatable bonds is 5. The minimum absolute atomic E-state index is 0.0805. The fraction of sp³-hybridized carbons (Fsp3) is 0.444. The van der Waals surface area contributed by atoms with Crippen LogP contribution in [0.4, 0.5) is 0 Å². The molecule has 1 saturated heterocycles. The summed E-state index contributed by atoms with van der Waals surface area (Å²) in [5, 5.41) is 4.31. The number of methoxy groups -OCH3 is 1. The Morgan fingerprint density at radius 1 is 1.30 bits per heavy atom. The first-order chi connectivity index (χ1) is 11.0. The molecule has 0 radical (unpaired) electrons. The molecule has 1 amide bonds. The van der Waals surface area contributed by atoms with Crippen LogP contribution in [0, 0.1) is 5.41 Å². The summed E-state index contributed by atoms with van der Waals surface area (Å²) in [5.41, 5.74) is 2.07. The highest BCUT2D eigenvalue weighted by atomic mass is 16.5. The van der Waals surface area contributed by atoms with Crippen molar-refractivity contribution in [3.8, 4) is 5.75 Å². The second-order valence-corrected chi connectivity index (χ2v) is 6.60. The largest absolute Gasteiger partial charge is 0.497 e. The molecular weight excluding hydrogens is 290 g/mol. The molecule has 0 unspecified atom stereocenters. The van der Waals surface area contributed by atoms with Crippen molar-refractivity contribution >= 4 is 5.91 Å².